The summed E-state index contributed by atoms with van der Waals surface area (Å²) >= 11 is 0. The van der Waals surface area contributed by atoms with Gasteiger partial charge in [0, 0.05) is 19.5 Å². The van der Waals surface area contributed by atoms with Crippen LogP contribution in [-0.4, -0.2) is 59.0 Å². The van der Waals surface area contributed by atoms with Gasteiger partial charge in [-0.05, 0) is 12.8 Å². The smallest absolute Gasteiger partial charge is 0.418 e. The van der Waals surface area contributed by atoms with Gasteiger partial charge in [0.1, 0.15) is 6.07 Å². The molecule has 0 unspecified atom stereocenters. The molecule has 0 bridgehead atoms. The number of β-amino-alcohol motifs (C(OH)–C–C–N with tert-alkyl or cyclic N) is 1. The Morgan fingerprint density at radius 3 is 2.64 bits per heavy atom. The average Bonchev–Trinajstić information content (AvgIpc) is 3.04. The molecule has 2 N–H and O–H groups in total. The van der Waals surface area contributed by atoms with E-state index in [2.05, 4.69) is 10.1 Å². The maximum absolute atomic E-state index is 12.4. The molecule has 0 aromatic heterocycles. The normalized spacial score (nSPS) is 31.9. The van der Waals surface area contributed by atoms with Gasteiger partial charge in [-0.2, -0.15) is 18.4 Å². The van der Waals surface area contributed by atoms with Crippen LogP contribution < -0.4 is 5.32 Å². The number of aliphatic hydroxyl groups excluding tert-OH is 1. The second kappa shape index (κ2) is 5.73. The Bertz CT molecular complexity index is 519. The van der Waals surface area contributed by atoms with Crippen molar-refractivity contribution in [3.05, 3.63) is 0 Å². The van der Waals surface area contributed by atoms with E-state index in [4.69, 9.17) is 0 Å². The molecule has 0 aromatic carbocycles. The molecule has 2 heterocycles. The summed E-state index contributed by atoms with van der Waals surface area (Å²) in [7, 11) is 0. The van der Waals surface area contributed by atoms with Gasteiger partial charge < -0.3 is 15.2 Å². The van der Waals surface area contributed by atoms with Crippen LogP contribution in [0.4, 0.5) is 13.2 Å². The molecule has 122 valence electrons. The van der Waals surface area contributed by atoms with Crippen LogP contribution in [0.1, 0.15) is 19.3 Å². The Morgan fingerprint density at radius 2 is 2.14 bits per heavy atom. The molecule has 0 saturated carbocycles. The number of amides is 1. The number of aliphatic hydroxyl groups is 1. The number of rotatable bonds is 2. The van der Waals surface area contributed by atoms with E-state index in [1.807, 2.05) is 0 Å². The molecule has 0 radical (unpaired) electrons. The zero-order valence-electron chi connectivity index (χ0n) is 11.4. The SMILES string of the molecule is N#C[C@@]1(OC(=O)C(F)(F)F)CCCN1C(=O)[C@@H]1C[C@H](O)CN1. The molecule has 7 nitrogen and oxygen atoms in total. The van der Waals surface area contributed by atoms with E-state index >= 15 is 0 Å². The van der Waals surface area contributed by atoms with E-state index in [1.165, 1.54) is 6.07 Å². The van der Waals surface area contributed by atoms with Crippen molar-refractivity contribution in [2.45, 2.75) is 43.3 Å². The van der Waals surface area contributed by atoms with Crippen LogP contribution in [0, 0.1) is 11.3 Å². The summed E-state index contributed by atoms with van der Waals surface area (Å²) in [6.07, 6.45) is -5.86. The van der Waals surface area contributed by atoms with Gasteiger partial charge in [0.25, 0.3) is 5.72 Å². The van der Waals surface area contributed by atoms with E-state index in [-0.39, 0.29) is 32.4 Å². The summed E-state index contributed by atoms with van der Waals surface area (Å²) in [4.78, 5) is 24.2. The molecule has 2 rings (SSSR count). The molecule has 0 aliphatic carbocycles. The van der Waals surface area contributed by atoms with E-state index < -0.39 is 35.9 Å². The highest BCUT2D eigenvalue weighted by Crippen LogP contribution is 2.33. The van der Waals surface area contributed by atoms with Crippen LogP contribution in [0.2, 0.25) is 0 Å². The summed E-state index contributed by atoms with van der Waals surface area (Å²) < 4.78 is 41.4. The van der Waals surface area contributed by atoms with Gasteiger partial charge in [0.15, 0.2) is 0 Å². The van der Waals surface area contributed by atoms with Crippen LogP contribution in [0.15, 0.2) is 0 Å². The molecule has 0 spiro atoms. The molecule has 10 heteroatoms. The molecule has 2 aliphatic heterocycles. The number of carbonyl (C=O) groups is 2. The number of alkyl halides is 3. The number of hydrogen-bond donors (Lipinski definition) is 2. The third kappa shape index (κ3) is 3.00. The van der Waals surface area contributed by atoms with Crippen LogP contribution in [-0.2, 0) is 14.3 Å². The number of hydrogen-bond acceptors (Lipinski definition) is 6. The first-order chi connectivity index (χ1) is 10.2. The topological polar surface area (TPSA) is 103 Å². The quantitative estimate of drug-likeness (QED) is 0.675. The summed E-state index contributed by atoms with van der Waals surface area (Å²) in [5.74, 6) is -3.17. The van der Waals surface area contributed by atoms with Crippen LogP contribution >= 0.6 is 0 Å². The zero-order valence-corrected chi connectivity index (χ0v) is 11.4. The fourth-order valence-corrected chi connectivity index (χ4v) is 2.63. The lowest BCUT2D eigenvalue weighted by Crippen LogP contribution is -2.55. The summed E-state index contributed by atoms with van der Waals surface area (Å²) in [6.45, 7) is 0.179. The molecule has 2 saturated heterocycles. The highest BCUT2D eigenvalue weighted by molar-refractivity contribution is 5.84. The van der Waals surface area contributed by atoms with E-state index in [1.54, 1.807) is 0 Å². The number of esters is 1. The predicted molar refractivity (Wildman–Crippen MR) is 63.9 cm³/mol. The van der Waals surface area contributed by atoms with Crippen molar-refractivity contribution in [3.63, 3.8) is 0 Å². The molecule has 2 aliphatic rings. The summed E-state index contributed by atoms with van der Waals surface area (Å²) in [5.41, 5.74) is -2.25. The van der Waals surface area contributed by atoms with Gasteiger partial charge in [-0.15, -0.1) is 0 Å². The van der Waals surface area contributed by atoms with Gasteiger partial charge in [0.2, 0.25) is 5.91 Å². The maximum atomic E-state index is 12.4. The average molecular weight is 321 g/mol. The molecule has 22 heavy (non-hydrogen) atoms. The number of ether oxygens (including phenoxy) is 1. The van der Waals surface area contributed by atoms with Crippen molar-refractivity contribution in [1.29, 1.82) is 5.26 Å². The maximum Gasteiger partial charge on any atom is 0.491 e. The standard InChI is InChI=1S/C12H14F3N3O4/c13-12(14,15)10(21)22-11(6-16)2-1-3-18(11)9(20)8-4-7(19)5-17-8/h7-8,17,19H,1-5H2/t7-,8-,11-/m0/s1. The Morgan fingerprint density at radius 1 is 1.45 bits per heavy atom. The number of likely N-dealkylation sites (tertiary alicyclic amines) is 1. The lowest BCUT2D eigenvalue weighted by Gasteiger charge is -2.33. The fraction of sp³-hybridized carbons (Fsp3) is 0.750. The van der Waals surface area contributed by atoms with Crippen LogP contribution in [0.5, 0.6) is 0 Å². The highest BCUT2D eigenvalue weighted by atomic mass is 19.4. The monoisotopic (exact) mass is 321 g/mol. The first-order valence-electron chi connectivity index (χ1n) is 6.64. The summed E-state index contributed by atoms with van der Waals surface area (Å²) in [6, 6.07) is 0.703. The Hall–Kier alpha value is -1.86. The minimum atomic E-state index is -5.25. The Labute approximate surface area is 123 Å². The van der Waals surface area contributed by atoms with Crippen molar-refractivity contribution in [1.82, 2.24) is 10.2 Å². The number of nitriles is 1. The molecular weight excluding hydrogens is 307 g/mol. The molecule has 2 fully saturated rings. The van der Waals surface area contributed by atoms with E-state index in [9.17, 15) is 33.1 Å². The van der Waals surface area contributed by atoms with Crippen molar-refractivity contribution >= 4 is 11.9 Å². The third-order valence-electron chi connectivity index (χ3n) is 3.67. The number of halogens is 3. The highest BCUT2D eigenvalue weighted by Gasteiger charge is 2.54. The van der Waals surface area contributed by atoms with Crippen molar-refractivity contribution in [2.75, 3.05) is 13.1 Å². The summed E-state index contributed by atoms with van der Waals surface area (Å²) in [5, 5.41) is 21.3. The predicted octanol–water partition coefficient (Wildman–Crippen LogP) is -0.343. The van der Waals surface area contributed by atoms with Crippen molar-refractivity contribution in [2.24, 2.45) is 0 Å². The molecule has 0 aromatic rings. The number of nitrogens with one attached hydrogen (secondary N) is 1. The van der Waals surface area contributed by atoms with Crippen LogP contribution in [0.25, 0.3) is 0 Å². The minimum Gasteiger partial charge on any atom is -0.418 e. The lowest BCUT2D eigenvalue weighted by molar-refractivity contribution is -0.219. The first kappa shape index (κ1) is 16.5. The van der Waals surface area contributed by atoms with Gasteiger partial charge in [0.05, 0.1) is 12.1 Å². The van der Waals surface area contributed by atoms with Gasteiger partial charge in [-0.25, -0.2) is 4.79 Å². The second-order valence-corrected chi connectivity index (χ2v) is 5.23. The van der Waals surface area contributed by atoms with Gasteiger partial charge >= 0.3 is 12.1 Å². The van der Waals surface area contributed by atoms with Crippen LogP contribution in [0.3, 0.4) is 0 Å². The lowest BCUT2D eigenvalue weighted by atomic mass is 10.1. The van der Waals surface area contributed by atoms with E-state index in [0.717, 1.165) is 4.90 Å². The van der Waals surface area contributed by atoms with Crippen molar-refractivity contribution < 1.29 is 32.6 Å². The molecular formula is C12H14F3N3O4. The number of carbonyl (C=O) groups excluding carboxylic acids is 2. The van der Waals surface area contributed by atoms with E-state index in [0.29, 0.717) is 0 Å². The molecule has 1 amide bonds. The molecule has 3 atom stereocenters. The largest absolute Gasteiger partial charge is 0.491 e. The first-order valence-corrected chi connectivity index (χ1v) is 6.64. The third-order valence-corrected chi connectivity index (χ3v) is 3.67. The van der Waals surface area contributed by atoms with Crippen molar-refractivity contribution in [3.8, 4) is 6.07 Å². The number of nitrogens with zero attached hydrogens (tertiary/aromatic N) is 2. The minimum absolute atomic E-state index is 0.00576. The van der Waals surface area contributed by atoms with Gasteiger partial charge in [-0.3, -0.25) is 9.69 Å². The fourth-order valence-electron chi connectivity index (χ4n) is 2.63. The second-order valence-electron chi connectivity index (χ2n) is 5.23. The zero-order chi connectivity index (χ0) is 16.5. The van der Waals surface area contributed by atoms with Gasteiger partial charge in [-0.1, -0.05) is 0 Å². The Balaban J connectivity index is 2.18. The Kier molecular flexibility index (Phi) is 4.30.